The minimum Gasteiger partial charge on any atom is -0.468 e. The Labute approximate surface area is 142 Å². The molecule has 0 unspecified atom stereocenters. The normalized spacial score (nSPS) is 30.0. The van der Waals surface area contributed by atoms with Gasteiger partial charge in [0, 0.05) is 25.9 Å². The summed E-state index contributed by atoms with van der Waals surface area (Å²) < 4.78 is 4.89. The molecule has 1 saturated carbocycles. The number of esters is 1. The molecule has 1 saturated heterocycles. The van der Waals surface area contributed by atoms with Gasteiger partial charge in [-0.3, -0.25) is 14.4 Å². The number of hydrogen-bond donors (Lipinski definition) is 0. The van der Waals surface area contributed by atoms with Gasteiger partial charge in [-0.2, -0.15) is 0 Å². The lowest BCUT2D eigenvalue weighted by atomic mass is 9.59. The van der Waals surface area contributed by atoms with Crippen molar-refractivity contribution in [2.75, 3.05) is 13.7 Å². The van der Waals surface area contributed by atoms with E-state index in [1.165, 1.54) is 7.11 Å². The fourth-order valence-corrected chi connectivity index (χ4v) is 4.13. The van der Waals surface area contributed by atoms with Crippen molar-refractivity contribution in [2.24, 2.45) is 17.3 Å². The number of rotatable bonds is 3. The maximum atomic E-state index is 12.9. The monoisotopic (exact) mass is 329 g/mol. The number of ketones is 1. The van der Waals surface area contributed by atoms with Crippen LogP contribution in [0.1, 0.15) is 31.7 Å². The molecule has 128 valence electrons. The lowest BCUT2D eigenvalue weighted by Crippen LogP contribution is -2.59. The number of piperidine rings is 1. The van der Waals surface area contributed by atoms with Gasteiger partial charge in [-0.1, -0.05) is 37.3 Å². The highest BCUT2D eigenvalue weighted by Crippen LogP contribution is 2.48. The Kier molecular flexibility index (Phi) is 4.43. The summed E-state index contributed by atoms with van der Waals surface area (Å²) in [5.74, 6) is -1.74. The molecule has 2 aliphatic rings. The van der Waals surface area contributed by atoms with Crippen LogP contribution in [0.4, 0.5) is 0 Å². The summed E-state index contributed by atoms with van der Waals surface area (Å²) in [5.41, 5.74) is 0.804. The molecule has 5 nitrogen and oxygen atoms in total. The van der Waals surface area contributed by atoms with Crippen LogP contribution in [0.3, 0.4) is 0 Å². The summed E-state index contributed by atoms with van der Waals surface area (Å²) in [5, 5.41) is 0. The lowest BCUT2D eigenvalue weighted by Gasteiger charge is -2.51. The molecule has 1 aliphatic heterocycles. The van der Waals surface area contributed by atoms with E-state index < -0.39 is 11.9 Å². The van der Waals surface area contributed by atoms with Crippen LogP contribution >= 0.6 is 0 Å². The second-order valence-corrected chi connectivity index (χ2v) is 7.18. The second-order valence-electron chi connectivity index (χ2n) is 7.18. The Morgan fingerprint density at radius 3 is 2.67 bits per heavy atom. The molecule has 0 bridgehead atoms. The highest BCUT2D eigenvalue weighted by atomic mass is 16.5. The molecule has 24 heavy (non-hydrogen) atoms. The highest BCUT2D eigenvalue weighted by Gasteiger charge is 2.54. The number of benzene rings is 1. The van der Waals surface area contributed by atoms with E-state index in [9.17, 15) is 14.4 Å². The minimum absolute atomic E-state index is 0.135. The number of methoxy groups -OCH3 is 1. The number of nitrogens with zero attached hydrogens (tertiary/aromatic N) is 1. The van der Waals surface area contributed by atoms with Gasteiger partial charge in [0.1, 0.15) is 11.7 Å². The van der Waals surface area contributed by atoms with Crippen LogP contribution in [0.25, 0.3) is 0 Å². The van der Waals surface area contributed by atoms with Gasteiger partial charge in [-0.25, -0.2) is 0 Å². The van der Waals surface area contributed by atoms with Crippen molar-refractivity contribution in [3.05, 3.63) is 35.9 Å². The van der Waals surface area contributed by atoms with Crippen molar-refractivity contribution < 1.29 is 19.1 Å². The van der Waals surface area contributed by atoms with Gasteiger partial charge >= 0.3 is 5.97 Å². The second kappa shape index (κ2) is 6.38. The summed E-state index contributed by atoms with van der Waals surface area (Å²) in [6.45, 7) is 3.14. The van der Waals surface area contributed by atoms with Crippen molar-refractivity contribution in [2.45, 2.75) is 32.7 Å². The lowest BCUT2D eigenvalue weighted by molar-refractivity contribution is -0.169. The Morgan fingerprint density at radius 1 is 1.29 bits per heavy atom. The Balaban J connectivity index is 1.91. The first-order chi connectivity index (χ1) is 11.4. The quantitative estimate of drug-likeness (QED) is 0.630. The van der Waals surface area contributed by atoms with E-state index >= 15 is 0 Å². The van der Waals surface area contributed by atoms with Crippen molar-refractivity contribution in [1.29, 1.82) is 0 Å². The third kappa shape index (κ3) is 2.95. The average molecular weight is 329 g/mol. The number of hydrogen-bond acceptors (Lipinski definition) is 4. The number of likely N-dealkylation sites (tertiary alicyclic amines) is 1. The molecule has 0 aromatic heterocycles. The summed E-state index contributed by atoms with van der Waals surface area (Å²) >= 11 is 0. The average Bonchev–Trinajstić information content (AvgIpc) is 2.57. The highest BCUT2D eigenvalue weighted by molar-refractivity contribution is 5.99. The molecule has 5 heteroatoms. The molecule has 3 atom stereocenters. The number of ether oxygens (including phenoxy) is 1. The van der Waals surface area contributed by atoms with Gasteiger partial charge in [0.05, 0.1) is 7.11 Å². The van der Waals surface area contributed by atoms with Gasteiger partial charge in [0.25, 0.3) is 0 Å². The molecule has 0 spiro atoms. The van der Waals surface area contributed by atoms with E-state index in [2.05, 4.69) is 6.92 Å². The van der Waals surface area contributed by atoms with Gasteiger partial charge in [0.2, 0.25) is 5.91 Å². The largest absolute Gasteiger partial charge is 0.468 e. The molecule has 1 aromatic carbocycles. The first-order valence-corrected chi connectivity index (χ1v) is 8.37. The maximum absolute atomic E-state index is 12.9. The predicted octanol–water partition coefficient (Wildman–Crippen LogP) is 2.19. The summed E-state index contributed by atoms with van der Waals surface area (Å²) in [6, 6.07) is 9.75. The smallest absolute Gasteiger partial charge is 0.318 e. The van der Waals surface area contributed by atoms with E-state index in [0.29, 0.717) is 32.4 Å². The molecule has 1 amide bonds. The number of Topliss-reactive ketones (excluding diaryl/α,β-unsaturated/α-hetero) is 1. The summed E-state index contributed by atoms with van der Waals surface area (Å²) in [4.78, 5) is 38.9. The fourth-order valence-electron chi connectivity index (χ4n) is 4.13. The maximum Gasteiger partial charge on any atom is 0.318 e. The van der Waals surface area contributed by atoms with Gasteiger partial charge in [0.15, 0.2) is 0 Å². The zero-order valence-electron chi connectivity index (χ0n) is 14.2. The molecular formula is C19H23NO4. The van der Waals surface area contributed by atoms with E-state index in [1.807, 2.05) is 30.3 Å². The van der Waals surface area contributed by atoms with E-state index in [0.717, 1.165) is 5.56 Å². The Morgan fingerprint density at radius 2 is 2.00 bits per heavy atom. The zero-order valence-corrected chi connectivity index (χ0v) is 14.2. The fraction of sp³-hybridized carbons (Fsp3) is 0.526. The predicted molar refractivity (Wildman–Crippen MR) is 87.8 cm³/mol. The molecular weight excluding hydrogens is 306 g/mol. The molecule has 0 radical (unpaired) electrons. The van der Waals surface area contributed by atoms with Crippen LogP contribution in [-0.4, -0.2) is 36.2 Å². The number of carbonyl (C=O) groups excluding carboxylic acids is 3. The zero-order chi connectivity index (χ0) is 17.3. The number of amides is 1. The third-order valence-corrected chi connectivity index (χ3v) is 5.52. The molecule has 2 fully saturated rings. The summed E-state index contributed by atoms with van der Waals surface area (Å²) in [6.07, 6.45) is 1.53. The SMILES string of the molecule is COC(=O)[C@H]1C(=O)N(Cc2ccccc2)C[C@@]2(C)CCC(=O)C[C@@H]12. The molecule has 3 rings (SSSR count). The van der Waals surface area contributed by atoms with Gasteiger partial charge < -0.3 is 9.64 Å². The summed E-state index contributed by atoms with van der Waals surface area (Å²) in [7, 11) is 1.30. The van der Waals surface area contributed by atoms with Crippen LogP contribution in [0.15, 0.2) is 30.3 Å². The van der Waals surface area contributed by atoms with Crippen LogP contribution in [0, 0.1) is 17.3 Å². The minimum atomic E-state index is -0.873. The van der Waals surface area contributed by atoms with Crippen LogP contribution in [-0.2, 0) is 25.7 Å². The van der Waals surface area contributed by atoms with E-state index in [1.54, 1.807) is 4.90 Å². The van der Waals surface area contributed by atoms with Crippen molar-refractivity contribution in [1.82, 2.24) is 4.90 Å². The van der Waals surface area contributed by atoms with Crippen LogP contribution in [0.5, 0.6) is 0 Å². The Hall–Kier alpha value is -2.17. The van der Waals surface area contributed by atoms with Gasteiger partial charge in [-0.05, 0) is 23.3 Å². The third-order valence-electron chi connectivity index (χ3n) is 5.52. The number of fused-ring (bicyclic) bond motifs is 1. The van der Waals surface area contributed by atoms with E-state index in [-0.39, 0.29) is 23.0 Å². The van der Waals surface area contributed by atoms with Crippen molar-refractivity contribution in [3.63, 3.8) is 0 Å². The first-order valence-electron chi connectivity index (χ1n) is 8.37. The van der Waals surface area contributed by atoms with E-state index in [4.69, 9.17) is 4.74 Å². The number of carbonyl (C=O) groups is 3. The first kappa shape index (κ1) is 16.7. The standard InChI is InChI=1S/C19H23NO4/c1-19-9-8-14(21)10-15(19)16(18(23)24-2)17(22)20(12-19)11-13-6-4-3-5-7-13/h3-7,15-16H,8-12H2,1-2H3/t15-,16+,19+/m0/s1. The molecule has 0 N–H and O–H groups in total. The van der Waals surface area contributed by atoms with Crippen molar-refractivity contribution >= 4 is 17.7 Å². The molecule has 1 heterocycles. The molecule has 1 aliphatic carbocycles. The van der Waals surface area contributed by atoms with Gasteiger partial charge in [-0.15, -0.1) is 0 Å². The van der Waals surface area contributed by atoms with Crippen LogP contribution in [0.2, 0.25) is 0 Å². The van der Waals surface area contributed by atoms with Crippen LogP contribution < -0.4 is 0 Å². The molecule has 1 aromatic rings. The topological polar surface area (TPSA) is 63.7 Å². The van der Waals surface area contributed by atoms with Crippen molar-refractivity contribution in [3.8, 4) is 0 Å². The Bertz CT molecular complexity index is 657.